The summed E-state index contributed by atoms with van der Waals surface area (Å²) in [6, 6.07) is 12.1. The van der Waals surface area contributed by atoms with Crippen molar-refractivity contribution in [2.75, 3.05) is 18.4 Å². The summed E-state index contributed by atoms with van der Waals surface area (Å²) in [5.74, 6) is -0.580. The van der Waals surface area contributed by atoms with Crippen molar-refractivity contribution in [2.24, 2.45) is 5.92 Å². The second kappa shape index (κ2) is 8.62. The number of carbonyl (C=O) groups excluding carboxylic acids is 2. The first-order valence-corrected chi connectivity index (χ1v) is 9.32. The van der Waals surface area contributed by atoms with E-state index in [1.165, 1.54) is 16.8 Å². The zero-order valence-corrected chi connectivity index (χ0v) is 15.4. The van der Waals surface area contributed by atoms with E-state index >= 15 is 0 Å². The fourth-order valence-electron chi connectivity index (χ4n) is 3.24. The Kier molecular flexibility index (Phi) is 6.01. The Morgan fingerprint density at radius 2 is 1.96 bits per heavy atom. The maximum Gasteiger partial charge on any atom is 0.274 e. The Balaban J connectivity index is 1.68. The number of benzene rings is 1. The van der Waals surface area contributed by atoms with Gasteiger partial charge in [0, 0.05) is 31.4 Å². The number of nitrogens with zero attached hydrogens (tertiary/aromatic N) is 3. The number of carbonyl (C=O) groups is 2. The summed E-state index contributed by atoms with van der Waals surface area (Å²) >= 11 is 0. The van der Waals surface area contributed by atoms with Gasteiger partial charge in [-0.2, -0.15) is 5.10 Å². The van der Waals surface area contributed by atoms with Gasteiger partial charge in [0.25, 0.3) is 11.5 Å². The summed E-state index contributed by atoms with van der Waals surface area (Å²) in [7, 11) is 0. The lowest BCUT2D eigenvalue weighted by Crippen LogP contribution is -2.44. The minimum Gasteiger partial charge on any atom is -0.336 e. The molecule has 1 aromatic carbocycles. The van der Waals surface area contributed by atoms with Crippen LogP contribution in [-0.2, 0) is 11.3 Å². The highest BCUT2D eigenvalue weighted by atomic mass is 16.2. The molecule has 1 aromatic heterocycles. The topological polar surface area (TPSA) is 84.3 Å². The normalized spacial score (nSPS) is 16.8. The standard InChI is InChI=1S/C20H24N4O3/c1-2-12-24-18(25)11-10-17(22-24)20(27)23-13-6-7-15(14-23)19(26)21-16-8-4-3-5-9-16/h3-5,8-11,15H,2,6-7,12-14H2,1H3,(H,21,26). The fourth-order valence-corrected chi connectivity index (χ4v) is 3.24. The molecule has 2 heterocycles. The number of amides is 2. The molecule has 1 atom stereocenters. The number of likely N-dealkylation sites (tertiary alicyclic amines) is 1. The molecule has 7 nitrogen and oxygen atoms in total. The molecule has 1 saturated heterocycles. The van der Waals surface area contributed by atoms with E-state index in [0.29, 0.717) is 19.6 Å². The third kappa shape index (κ3) is 4.61. The van der Waals surface area contributed by atoms with Crippen molar-refractivity contribution in [2.45, 2.75) is 32.7 Å². The molecule has 1 aliphatic rings. The van der Waals surface area contributed by atoms with Crippen LogP contribution in [0.1, 0.15) is 36.7 Å². The van der Waals surface area contributed by atoms with Gasteiger partial charge in [-0.15, -0.1) is 0 Å². The SMILES string of the molecule is CCCn1nc(C(=O)N2CCCC(C(=O)Nc3ccccc3)C2)ccc1=O. The molecule has 1 unspecified atom stereocenters. The summed E-state index contributed by atoms with van der Waals surface area (Å²) in [6.45, 7) is 3.36. The van der Waals surface area contributed by atoms with Crippen LogP contribution in [0.25, 0.3) is 0 Å². The molecular weight excluding hydrogens is 344 g/mol. The van der Waals surface area contributed by atoms with Gasteiger partial charge in [-0.3, -0.25) is 14.4 Å². The molecule has 0 saturated carbocycles. The average molecular weight is 368 g/mol. The Morgan fingerprint density at radius 3 is 2.70 bits per heavy atom. The molecule has 142 valence electrons. The quantitative estimate of drug-likeness (QED) is 0.876. The molecule has 2 aromatic rings. The van der Waals surface area contributed by atoms with Crippen molar-refractivity contribution in [1.29, 1.82) is 0 Å². The van der Waals surface area contributed by atoms with Gasteiger partial charge in [0.15, 0.2) is 0 Å². The van der Waals surface area contributed by atoms with E-state index in [0.717, 1.165) is 24.9 Å². The first kappa shape index (κ1) is 18.8. The molecule has 3 rings (SSSR count). The van der Waals surface area contributed by atoms with Crippen LogP contribution in [0.4, 0.5) is 5.69 Å². The monoisotopic (exact) mass is 368 g/mol. The van der Waals surface area contributed by atoms with E-state index in [1.54, 1.807) is 4.90 Å². The molecule has 0 aliphatic carbocycles. The number of hydrogen-bond donors (Lipinski definition) is 1. The minimum atomic E-state index is -0.260. The Labute approximate surface area is 158 Å². The average Bonchev–Trinajstić information content (AvgIpc) is 2.70. The summed E-state index contributed by atoms with van der Waals surface area (Å²) < 4.78 is 1.32. The fraction of sp³-hybridized carbons (Fsp3) is 0.400. The maximum absolute atomic E-state index is 12.8. The lowest BCUT2D eigenvalue weighted by atomic mass is 9.96. The number of aryl methyl sites for hydroxylation is 1. The number of hydrogen-bond acceptors (Lipinski definition) is 4. The zero-order chi connectivity index (χ0) is 19.2. The lowest BCUT2D eigenvalue weighted by Gasteiger charge is -2.31. The largest absolute Gasteiger partial charge is 0.336 e. The second-order valence-corrected chi connectivity index (χ2v) is 6.73. The second-order valence-electron chi connectivity index (χ2n) is 6.73. The number of piperidine rings is 1. The molecule has 2 amide bonds. The number of para-hydroxylation sites is 1. The number of nitrogens with one attached hydrogen (secondary N) is 1. The summed E-state index contributed by atoms with van der Waals surface area (Å²) in [5.41, 5.74) is 0.776. The smallest absolute Gasteiger partial charge is 0.274 e. The molecule has 0 spiro atoms. The minimum absolute atomic E-state index is 0.0809. The van der Waals surface area contributed by atoms with Gasteiger partial charge in [-0.05, 0) is 37.5 Å². The lowest BCUT2D eigenvalue weighted by molar-refractivity contribution is -0.121. The predicted octanol–water partition coefficient (Wildman–Crippen LogP) is 2.14. The van der Waals surface area contributed by atoms with E-state index < -0.39 is 0 Å². The van der Waals surface area contributed by atoms with Crippen LogP contribution in [0.3, 0.4) is 0 Å². The van der Waals surface area contributed by atoms with E-state index in [9.17, 15) is 14.4 Å². The van der Waals surface area contributed by atoms with Gasteiger partial charge in [0.1, 0.15) is 5.69 Å². The third-order valence-corrected chi connectivity index (χ3v) is 4.64. The Bertz CT molecular complexity index is 863. The first-order chi connectivity index (χ1) is 13.1. The van der Waals surface area contributed by atoms with Crippen molar-refractivity contribution in [3.8, 4) is 0 Å². The molecule has 1 N–H and O–H groups in total. The zero-order valence-electron chi connectivity index (χ0n) is 15.4. The highest BCUT2D eigenvalue weighted by molar-refractivity contribution is 5.95. The van der Waals surface area contributed by atoms with Crippen LogP contribution >= 0.6 is 0 Å². The number of anilines is 1. The molecule has 7 heteroatoms. The van der Waals surface area contributed by atoms with Crippen LogP contribution in [0, 0.1) is 5.92 Å². The van der Waals surface area contributed by atoms with Gasteiger partial charge in [-0.25, -0.2) is 4.68 Å². The molecule has 27 heavy (non-hydrogen) atoms. The van der Waals surface area contributed by atoms with Crippen LogP contribution in [0.15, 0.2) is 47.3 Å². The van der Waals surface area contributed by atoms with E-state index in [1.807, 2.05) is 37.3 Å². The van der Waals surface area contributed by atoms with E-state index in [4.69, 9.17) is 0 Å². The van der Waals surface area contributed by atoms with E-state index in [2.05, 4.69) is 10.4 Å². The van der Waals surface area contributed by atoms with E-state index in [-0.39, 0.29) is 29.0 Å². The van der Waals surface area contributed by atoms with Gasteiger partial charge in [0.2, 0.25) is 5.91 Å². The van der Waals surface area contributed by atoms with Gasteiger partial charge >= 0.3 is 0 Å². The van der Waals surface area contributed by atoms with Gasteiger partial charge in [0.05, 0.1) is 5.92 Å². The number of rotatable bonds is 5. The van der Waals surface area contributed by atoms with Crippen LogP contribution in [0.2, 0.25) is 0 Å². The van der Waals surface area contributed by atoms with Crippen molar-refractivity contribution in [3.63, 3.8) is 0 Å². The molecular formula is C20H24N4O3. The molecule has 1 fully saturated rings. The maximum atomic E-state index is 12.8. The van der Waals surface area contributed by atoms with Gasteiger partial charge < -0.3 is 10.2 Å². The molecule has 1 aliphatic heterocycles. The van der Waals surface area contributed by atoms with Crippen molar-refractivity contribution >= 4 is 17.5 Å². The van der Waals surface area contributed by atoms with Gasteiger partial charge in [-0.1, -0.05) is 25.1 Å². The first-order valence-electron chi connectivity index (χ1n) is 9.32. The predicted molar refractivity (Wildman–Crippen MR) is 102 cm³/mol. The highest BCUT2D eigenvalue weighted by Gasteiger charge is 2.29. The van der Waals surface area contributed by atoms with Crippen molar-refractivity contribution in [1.82, 2.24) is 14.7 Å². The third-order valence-electron chi connectivity index (χ3n) is 4.64. The van der Waals surface area contributed by atoms with Crippen LogP contribution in [0.5, 0.6) is 0 Å². The summed E-state index contributed by atoms with van der Waals surface area (Å²) in [4.78, 5) is 38.8. The Hall–Kier alpha value is -2.96. The number of aromatic nitrogens is 2. The Morgan fingerprint density at radius 1 is 1.19 bits per heavy atom. The molecule has 0 bridgehead atoms. The van der Waals surface area contributed by atoms with Crippen molar-refractivity contribution < 1.29 is 9.59 Å². The molecule has 0 radical (unpaired) electrons. The summed E-state index contributed by atoms with van der Waals surface area (Å²) in [5, 5.41) is 7.09. The van der Waals surface area contributed by atoms with Crippen LogP contribution in [-0.4, -0.2) is 39.6 Å². The summed E-state index contributed by atoms with van der Waals surface area (Å²) in [6.07, 6.45) is 2.26. The van der Waals surface area contributed by atoms with Crippen LogP contribution < -0.4 is 10.9 Å². The van der Waals surface area contributed by atoms with Crippen molar-refractivity contribution in [3.05, 3.63) is 58.5 Å². The highest BCUT2D eigenvalue weighted by Crippen LogP contribution is 2.20.